The van der Waals surface area contributed by atoms with Crippen molar-refractivity contribution in [3.63, 3.8) is 0 Å². The average Bonchev–Trinajstić information content (AvgIpc) is 2.37. The van der Waals surface area contributed by atoms with Crippen LogP contribution < -0.4 is 10.8 Å². The highest BCUT2D eigenvalue weighted by Gasteiger charge is 2.17. The third-order valence-electron chi connectivity index (χ3n) is 2.77. The van der Waals surface area contributed by atoms with Crippen LogP contribution in [0.4, 0.5) is 10.1 Å². The van der Waals surface area contributed by atoms with Crippen LogP contribution in [0.15, 0.2) is 18.2 Å². The lowest BCUT2D eigenvalue weighted by Crippen LogP contribution is -2.38. The van der Waals surface area contributed by atoms with Crippen LogP contribution in [-0.2, 0) is 4.79 Å². The van der Waals surface area contributed by atoms with E-state index in [1.54, 1.807) is 24.5 Å². The van der Waals surface area contributed by atoms with Crippen molar-refractivity contribution in [2.45, 2.75) is 39.2 Å². The third-order valence-corrected chi connectivity index (χ3v) is 2.77. The van der Waals surface area contributed by atoms with Gasteiger partial charge in [-0.25, -0.2) is 9.87 Å². The lowest BCUT2D eigenvalue weighted by molar-refractivity contribution is -0.130. The molecule has 1 rings (SSSR count). The first-order chi connectivity index (χ1) is 8.58. The van der Waals surface area contributed by atoms with Crippen molar-refractivity contribution in [2.75, 3.05) is 5.32 Å². The smallest absolute Gasteiger partial charge is 0.265 e. The first kappa shape index (κ1) is 14.4. The van der Waals surface area contributed by atoms with Crippen LogP contribution in [0, 0.1) is 12.7 Å². The molecule has 0 fully saturated rings. The molecule has 0 radical (unpaired) electrons. The molecule has 0 heterocycles. The van der Waals surface area contributed by atoms with E-state index in [-0.39, 0.29) is 5.82 Å². The van der Waals surface area contributed by atoms with Crippen LogP contribution in [0.1, 0.15) is 31.7 Å². The molecule has 0 saturated carbocycles. The van der Waals surface area contributed by atoms with Crippen molar-refractivity contribution in [2.24, 2.45) is 0 Å². The summed E-state index contributed by atoms with van der Waals surface area (Å²) in [6.07, 6.45) is 2.43. The van der Waals surface area contributed by atoms with E-state index >= 15 is 0 Å². The summed E-state index contributed by atoms with van der Waals surface area (Å²) in [5, 5.41) is 11.7. The highest BCUT2D eigenvalue weighted by molar-refractivity contribution is 5.83. The molecule has 1 atom stereocenters. The second kappa shape index (κ2) is 6.96. The molecule has 0 aliphatic carbocycles. The zero-order valence-corrected chi connectivity index (χ0v) is 10.7. The molecule has 1 aromatic rings. The molecule has 1 aromatic carbocycles. The maximum atomic E-state index is 13.1. The van der Waals surface area contributed by atoms with Crippen LogP contribution in [0.3, 0.4) is 0 Å². The molecule has 100 valence electrons. The number of hydrogen-bond donors (Lipinski definition) is 3. The molecule has 0 aliphatic heterocycles. The minimum Gasteiger partial charge on any atom is -0.374 e. The first-order valence-corrected chi connectivity index (χ1v) is 6.05. The van der Waals surface area contributed by atoms with Gasteiger partial charge in [-0.1, -0.05) is 19.8 Å². The number of amides is 1. The number of hydrogen-bond acceptors (Lipinski definition) is 3. The number of anilines is 1. The highest BCUT2D eigenvalue weighted by Crippen LogP contribution is 2.16. The molecule has 0 bridgehead atoms. The Morgan fingerprint density at radius 3 is 2.78 bits per heavy atom. The summed E-state index contributed by atoms with van der Waals surface area (Å²) < 4.78 is 13.1. The number of unbranched alkanes of at least 4 members (excludes halogenated alkanes) is 1. The largest absolute Gasteiger partial charge is 0.374 e. The van der Waals surface area contributed by atoms with E-state index in [0.29, 0.717) is 17.7 Å². The van der Waals surface area contributed by atoms with Crippen LogP contribution in [0.5, 0.6) is 0 Å². The van der Waals surface area contributed by atoms with E-state index in [9.17, 15) is 9.18 Å². The molecule has 4 nitrogen and oxygen atoms in total. The topological polar surface area (TPSA) is 61.4 Å². The van der Waals surface area contributed by atoms with Crippen LogP contribution >= 0.6 is 0 Å². The summed E-state index contributed by atoms with van der Waals surface area (Å²) in [5.74, 6) is -0.761. The molecule has 18 heavy (non-hydrogen) atoms. The fourth-order valence-corrected chi connectivity index (χ4v) is 1.69. The Labute approximate surface area is 106 Å². The van der Waals surface area contributed by atoms with Gasteiger partial charge in [0.15, 0.2) is 0 Å². The third kappa shape index (κ3) is 4.00. The Morgan fingerprint density at radius 2 is 2.22 bits per heavy atom. The van der Waals surface area contributed by atoms with E-state index in [1.807, 2.05) is 6.92 Å². The number of nitrogens with one attached hydrogen (secondary N) is 2. The lowest BCUT2D eigenvalue weighted by atomic mass is 10.1. The molecule has 5 heteroatoms. The van der Waals surface area contributed by atoms with Gasteiger partial charge in [-0.3, -0.25) is 10.0 Å². The van der Waals surface area contributed by atoms with E-state index in [0.717, 1.165) is 12.8 Å². The maximum absolute atomic E-state index is 13.1. The summed E-state index contributed by atoms with van der Waals surface area (Å²) in [6.45, 7) is 3.68. The number of benzene rings is 1. The second-order valence-electron chi connectivity index (χ2n) is 4.28. The van der Waals surface area contributed by atoms with Crippen molar-refractivity contribution in [3.05, 3.63) is 29.6 Å². The fraction of sp³-hybridized carbons (Fsp3) is 0.462. The van der Waals surface area contributed by atoms with E-state index in [1.165, 1.54) is 6.07 Å². The van der Waals surface area contributed by atoms with Crippen molar-refractivity contribution in [3.8, 4) is 0 Å². The Morgan fingerprint density at radius 1 is 1.50 bits per heavy atom. The number of carbonyl (C=O) groups excluding carboxylic acids is 1. The van der Waals surface area contributed by atoms with E-state index in [2.05, 4.69) is 5.32 Å². The summed E-state index contributed by atoms with van der Waals surface area (Å²) in [4.78, 5) is 11.5. The summed E-state index contributed by atoms with van der Waals surface area (Å²) in [5.41, 5.74) is 2.82. The average molecular weight is 254 g/mol. The lowest BCUT2D eigenvalue weighted by Gasteiger charge is -2.18. The zero-order chi connectivity index (χ0) is 13.5. The SMILES string of the molecule is CCCC[C@H](Nc1ccc(F)c(C)c1)C(=O)NO. The van der Waals surface area contributed by atoms with Gasteiger partial charge < -0.3 is 5.32 Å². The van der Waals surface area contributed by atoms with Crippen molar-refractivity contribution in [1.29, 1.82) is 0 Å². The molecule has 0 saturated heterocycles. The monoisotopic (exact) mass is 254 g/mol. The number of aryl methyl sites for hydroxylation is 1. The van der Waals surface area contributed by atoms with Gasteiger partial charge in [0, 0.05) is 5.69 Å². The molecule has 0 unspecified atom stereocenters. The molecule has 0 aromatic heterocycles. The van der Waals surface area contributed by atoms with Gasteiger partial charge in [0.2, 0.25) is 0 Å². The fourth-order valence-electron chi connectivity index (χ4n) is 1.69. The standard InChI is InChI=1S/C13H19FN2O2/c1-3-4-5-12(13(17)16-18)15-10-6-7-11(14)9(2)8-10/h6-8,12,15,18H,3-5H2,1-2H3,(H,16,17)/t12-/m0/s1. The number of rotatable bonds is 6. The van der Waals surface area contributed by atoms with Crippen molar-refractivity contribution < 1.29 is 14.4 Å². The van der Waals surface area contributed by atoms with Crippen LogP contribution in [-0.4, -0.2) is 17.2 Å². The highest BCUT2D eigenvalue weighted by atomic mass is 19.1. The molecule has 3 N–H and O–H groups in total. The van der Waals surface area contributed by atoms with Gasteiger partial charge in [0.1, 0.15) is 11.9 Å². The quantitative estimate of drug-likeness (QED) is 0.540. The Balaban J connectivity index is 2.75. The predicted octanol–water partition coefficient (Wildman–Crippen LogP) is 2.61. The molecular formula is C13H19FN2O2. The Kier molecular flexibility index (Phi) is 5.58. The number of halogens is 1. The van der Waals surface area contributed by atoms with Gasteiger partial charge in [-0.15, -0.1) is 0 Å². The summed E-state index contributed by atoms with van der Waals surface area (Å²) in [6, 6.07) is 4.05. The van der Waals surface area contributed by atoms with Crippen molar-refractivity contribution in [1.82, 2.24) is 5.48 Å². The second-order valence-corrected chi connectivity index (χ2v) is 4.28. The van der Waals surface area contributed by atoms with Gasteiger partial charge in [0.25, 0.3) is 5.91 Å². The van der Waals surface area contributed by atoms with Gasteiger partial charge in [0.05, 0.1) is 0 Å². The van der Waals surface area contributed by atoms with Gasteiger partial charge in [-0.05, 0) is 37.1 Å². The first-order valence-electron chi connectivity index (χ1n) is 6.05. The molecule has 0 aliphatic rings. The van der Waals surface area contributed by atoms with Gasteiger partial charge in [-0.2, -0.15) is 0 Å². The van der Waals surface area contributed by atoms with E-state index < -0.39 is 11.9 Å². The Hall–Kier alpha value is -1.62. The zero-order valence-electron chi connectivity index (χ0n) is 10.7. The van der Waals surface area contributed by atoms with Crippen molar-refractivity contribution >= 4 is 11.6 Å². The normalized spacial score (nSPS) is 12.0. The van der Waals surface area contributed by atoms with E-state index in [4.69, 9.17) is 5.21 Å². The maximum Gasteiger partial charge on any atom is 0.265 e. The summed E-state index contributed by atoms with van der Waals surface area (Å²) >= 11 is 0. The minimum absolute atomic E-state index is 0.280. The summed E-state index contributed by atoms with van der Waals surface area (Å²) in [7, 11) is 0. The minimum atomic E-state index is -0.514. The number of carbonyl (C=O) groups is 1. The van der Waals surface area contributed by atoms with Gasteiger partial charge >= 0.3 is 0 Å². The predicted molar refractivity (Wildman–Crippen MR) is 68.0 cm³/mol. The molecule has 1 amide bonds. The molecular weight excluding hydrogens is 235 g/mol. The number of hydroxylamine groups is 1. The Bertz CT molecular complexity index is 410. The van der Waals surface area contributed by atoms with Crippen LogP contribution in [0.25, 0.3) is 0 Å². The molecule has 0 spiro atoms. The van der Waals surface area contributed by atoms with Crippen LogP contribution in [0.2, 0.25) is 0 Å².